The molecular weight excluding hydrogens is 162 g/mol. The SMILES string of the molecule is C[Si](C)(C)/C=C\c1ccccn1. The van der Waals surface area contributed by atoms with E-state index in [-0.39, 0.29) is 0 Å². The second-order valence-corrected chi connectivity index (χ2v) is 9.02. The van der Waals surface area contributed by atoms with Crippen LogP contribution in [0, 0.1) is 0 Å². The maximum atomic E-state index is 4.22. The summed E-state index contributed by atoms with van der Waals surface area (Å²) in [4.78, 5) is 4.22. The lowest BCUT2D eigenvalue weighted by atomic mass is 10.3. The van der Waals surface area contributed by atoms with E-state index in [0.717, 1.165) is 5.69 Å². The Morgan fingerprint density at radius 1 is 1.25 bits per heavy atom. The normalized spacial score (nSPS) is 12.2. The number of pyridine rings is 1. The van der Waals surface area contributed by atoms with E-state index in [2.05, 4.69) is 36.4 Å². The molecule has 0 amide bonds. The van der Waals surface area contributed by atoms with Crippen molar-refractivity contribution in [2.75, 3.05) is 0 Å². The van der Waals surface area contributed by atoms with Gasteiger partial charge in [0, 0.05) is 6.20 Å². The van der Waals surface area contributed by atoms with Gasteiger partial charge in [-0.15, -0.1) is 0 Å². The van der Waals surface area contributed by atoms with Crippen molar-refractivity contribution >= 4 is 14.1 Å². The van der Waals surface area contributed by atoms with E-state index in [0.29, 0.717) is 0 Å². The molecule has 0 bridgehead atoms. The lowest BCUT2D eigenvalue weighted by Gasteiger charge is -2.07. The molecule has 64 valence electrons. The van der Waals surface area contributed by atoms with Crippen LogP contribution >= 0.6 is 0 Å². The minimum atomic E-state index is -1.06. The van der Waals surface area contributed by atoms with Gasteiger partial charge >= 0.3 is 0 Å². The molecule has 0 aliphatic carbocycles. The summed E-state index contributed by atoms with van der Waals surface area (Å²) in [6, 6.07) is 5.97. The average molecular weight is 177 g/mol. The Bertz CT molecular complexity index is 259. The molecular formula is C10H15NSi. The summed E-state index contributed by atoms with van der Waals surface area (Å²) < 4.78 is 0. The van der Waals surface area contributed by atoms with Crippen LogP contribution in [0.2, 0.25) is 19.6 Å². The van der Waals surface area contributed by atoms with Crippen LogP contribution in [0.3, 0.4) is 0 Å². The molecule has 1 heterocycles. The zero-order valence-electron chi connectivity index (χ0n) is 7.91. The fourth-order valence-corrected chi connectivity index (χ4v) is 1.48. The summed E-state index contributed by atoms with van der Waals surface area (Å²) in [5, 5.41) is 0. The Hall–Kier alpha value is -0.893. The van der Waals surface area contributed by atoms with Gasteiger partial charge in [0.05, 0.1) is 13.8 Å². The number of aromatic nitrogens is 1. The molecule has 1 nitrogen and oxygen atoms in total. The summed E-state index contributed by atoms with van der Waals surface area (Å²) in [5.74, 6) is 0. The minimum Gasteiger partial charge on any atom is -0.257 e. The van der Waals surface area contributed by atoms with Crippen LogP contribution in [0.4, 0.5) is 0 Å². The lowest BCUT2D eigenvalue weighted by molar-refractivity contribution is 1.30. The third-order valence-corrected chi connectivity index (χ3v) is 2.61. The molecule has 1 aromatic heterocycles. The molecule has 0 atom stereocenters. The summed E-state index contributed by atoms with van der Waals surface area (Å²) >= 11 is 0. The van der Waals surface area contributed by atoms with Crippen LogP contribution in [-0.2, 0) is 0 Å². The molecule has 1 rings (SSSR count). The first kappa shape index (κ1) is 9.20. The van der Waals surface area contributed by atoms with Crippen LogP contribution in [0.25, 0.3) is 6.08 Å². The number of nitrogens with zero attached hydrogens (tertiary/aromatic N) is 1. The Balaban J connectivity index is 2.71. The second kappa shape index (κ2) is 3.67. The molecule has 0 aromatic carbocycles. The topological polar surface area (TPSA) is 12.9 Å². The first-order valence-corrected chi connectivity index (χ1v) is 7.76. The Morgan fingerprint density at radius 2 is 2.00 bits per heavy atom. The van der Waals surface area contributed by atoms with Gasteiger partial charge in [-0.1, -0.05) is 31.4 Å². The summed E-state index contributed by atoms with van der Waals surface area (Å²) in [5.41, 5.74) is 3.36. The zero-order chi connectivity index (χ0) is 9.03. The van der Waals surface area contributed by atoms with Gasteiger partial charge in [-0.25, -0.2) is 0 Å². The fourth-order valence-electron chi connectivity index (χ4n) is 0.810. The molecule has 12 heavy (non-hydrogen) atoms. The second-order valence-electron chi connectivity index (χ2n) is 3.95. The van der Waals surface area contributed by atoms with Crippen molar-refractivity contribution in [3.63, 3.8) is 0 Å². The van der Waals surface area contributed by atoms with Gasteiger partial charge in [0.1, 0.15) is 0 Å². The molecule has 2 heteroatoms. The van der Waals surface area contributed by atoms with E-state index in [9.17, 15) is 0 Å². The van der Waals surface area contributed by atoms with Crippen molar-refractivity contribution in [3.8, 4) is 0 Å². The molecule has 0 aliphatic heterocycles. The maximum absolute atomic E-state index is 4.22. The zero-order valence-corrected chi connectivity index (χ0v) is 8.91. The van der Waals surface area contributed by atoms with Crippen molar-refractivity contribution in [3.05, 3.63) is 35.8 Å². The molecule has 0 fully saturated rings. The van der Waals surface area contributed by atoms with Crippen LogP contribution in [0.15, 0.2) is 30.1 Å². The highest BCUT2D eigenvalue weighted by Crippen LogP contribution is 2.05. The van der Waals surface area contributed by atoms with Crippen molar-refractivity contribution in [1.29, 1.82) is 0 Å². The molecule has 0 radical (unpaired) electrons. The number of rotatable bonds is 2. The third kappa shape index (κ3) is 3.48. The highest BCUT2D eigenvalue weighted by atomic mass is 28.3. The van der Waals surface area contributed by atoms with Gasteiger partial charge in [-0.05, 0) is 18.2 Å². The molecule has 0 saturated carbocycles. The minimum absolute atomic E-state index is 1.06. The maximum Gasteiger partial charge on any atom is 0.0688 e. The fraction of sp³-hybridized carbons (Fsp3) is 0.300. The number of hydrogen-bond acceptors (Lipinski definition) is 1. The van der Waals surface area contributed by atoms with Gasteiger partial charge in [0.2, 0.25) is 0 Å². The van der Waals surface area contributed by atoms with Crippen molar-refractivity contribution in [1.82, 2.24) is 4.98 Å². The number of hydrogen-bond donors (Lipinski definition) is 0. The van der Waals surface area contributed by atoms with Gasteiger partial charge in [-0.3, -0.25) is 4.98 Å². The quantitative estimate of drug-likeness (QED) is 0.633. The standard InChI is InChI=1S/C10H15NSi/c1-12(2,3)9-7-10-6-4-5-8-11-10/h4-9H,1-3H3/b9-7-. The molecule has 1 aromatic rings. The smallest absolute Gasteiger partial charge is 0.0688 e. The van der Waals surface area contributed by atoms with E-state index in [1.54, 1.807) is 0 Å². The molecule has 0 spiro atoms. The first-order chi connectivity index (χ1) is 5.58. The van der Waals surface area contributed by atoms with E-state index >= 15 is 0 Å². The van der Waals surface area contributed by atoms with E-state index < -0.39 is 8.07 Å². The van der Waals surface area contributed by atoms with Gasteiger partial charge in [0.25, 0.3) is 0 Å². The first-order valence-electron chi connectivity index (χ1n) is 4.18. The summed E-state index contributed by atoms with van der Waals surface area (Å²) in [6.07, 6.45) is 3.94. The summed E-state index contributed by atoms with van der Waals surface area (Å²) in [6.45, 7) is 6.94. The van der Waals surface area contributed by atoms with E-state index in [1.165, 1.54) is 0 Å². The highest BCUT2D eigenvalue weighted by Gasteiger charge is 2.06. The Kier molecular flexibility index (Phi) is 2.81. The predicted molar refractivity (Wildman–Crippen MR) is 56.6 cm³/mol. The van der Waals surface area contributed by atoms with E-state index in [1.807, 2.05) is 24.4 Å². The van der Waals surface area contributed by atoms with Crippen LogP contribution < -0.4 is 0 Å². The van der Waals surface area contributed by atoms with Crippen molar-refractivity contribution in [2.45, 2.75) is 19.6 Å². The van der Waals surface area contributed by atoms with Crippen LogP contribution in [0.5, 0.6) is 0 Å². The largest absolute Gasteiger partial charge is 0.257 e. The van der Waals surface area contributed by atoms with Gasteiger partial charge < -0.3 is 0 Å². The molecule has 0 saturated heterocycles. The molecule has 0 aliphatic rings. The van der Waals surface area contributed by atoms with Crippen molar-refractivity contribution in [2.24, 2.45) is 0 Å². The lowest BCUT2D eigenvalue weighted by Crippen LogP contribution is -2.15. The third-order valence-electron chi connectivity index (χ3n) is 1.44. The van der Waals surface area contributed by atoms with Crippen LogP contribution in [-0.4, -0.2) is 13.1 Å². The summed E-state index contributed by atoms with van der Waals surface area (Å²) in [7, 11) is -1.06. The molecule has 0 N–H and O–H groups in total. The molecule has 0 unspecified atom stereocenters. The predicted octanol–water partition coefficient (Wildman–Crippen LogP) is 2.97. The van der Waals surface area contributed by atoms with Crippen LogP contribution in [0.1, 0.15) is 5.69 Å². The van der Waals surface area contributed by atoms with Crippen molar-refractivity contribution < 1.29 is 0 Å². The Morgan fingerprint density at radius 3 is 2.50 bits per heavy atom. The monoisotopic (exact) mass is 177 g/mol. The van der Waals surface area contributed by atoms with Gasteiger partial charge in [0.15, 0.2) is 0 Å². The van der Waals surface area contributed by atoms with E-state index in [4.69, 9.17) is 0 Å². The average Bonchev–Trinajstić information content (AvgIpc) is 2.02. The highest BCUT2D eigenvalue weighted by molar-refractivity contribution is 6.81. The Labute approximate surface area is 75.2 Å². The van der Waals surface area contributed by atoms with Gasteiger partial charge in [-0.2, -0.15) is 0 Å².